The maximum atomic E-state index is 12.5. The highest BCUT2D eigenvalue weighted by atomic mass is 35.5. The monoisotopic (exact) mass is 350 g/mol. The van der Waals surface area contributed by atoms with Crippen LogP contribution < -0.4 is 11.1 Å². The predicted molar refractivity (Wildman–Crippen MR) is 90.5 cm³/mol. The van der Waals surface area contributed by atoms with Crippen molar-refractivity contribution in [2.75, 3.05) is 13.1 Å². The first-order valence-electron chi connectivity index (χ1n) is 7.04. The van der Waals surface area contributed by atoms with Crippen LogP contribution in [0.2, 0.25) is 10.0 Å². The molecule has 1 aromatic carbocycles. The average Bonchev–Trinajstić information content (AvgIpc) is 2.37. The first-order valence-corrected chi connectivity index (χ1v) is 7.79. The van der Waals surface area contributed by atoms with Gasteiger partial charge in [-0.05, 0) is 49.9 Å². The summed E-state index contributed by atoms with van der Waals surface area (Å²) in [5, 5.41) is 4.05. The van der Waals surface area contributed by atoms with Gasteiger partial charge in [-0.1, -0.05) is 35.7 Å². The fraction of sp³-hybridized carbons (Fsp3) is 0.533. The van der Waals surface area contributed by atoms with E-state index in [2.05, 4.69) is 5.32 Å². The molecule has 3 nitrogen and oxygen atoms in total. The van der Waals surface area contributed by atoms with E-state index in [1.807, 2.05) is 12.1 Å². The number of amides is 1. The molecule has 6 heteroatoms. The van der Waals surface area contributed by atoms with E-state index in [9.17, 15) is 4.79 Å². The quantitative estimate of drug-likeness (QED) is 0.768. The van der Waals surface area contributed by atoms with Crippen molar-refractivity contribution >= 4 is 41.5 Å². The van der Waals surface area contributed by atoms with E-state index in [1.165, 1.54) is 0 Å². The van der Waals surface area contributed by atoms with E-state index in [1.54, 1.807) is 6.07 Å². The third-order valence-electron chi connectivity index (χ3n) is 4.03. The zero-order chi connectivity index (χ0) is 14.6. The molecule has 0 aromatic heterocycles. The van der Waals surface area contributed by atoms with E-state index < -0.39 is 5.41 Å². The molecule has 0 saturated heterocycles. The molecule has 0 atom stereocenters. The van der Waals surface area contributed by atoms with Gasteiger partial charge in [0, 0.05) is 6.54 Å². The summed E-state index contributed by atoms with van der Waals surface area (Å²) in [6, 6.07) is 5.50. The van der Waals surface area contributed by atoms with Gasteiger partial charge in [0.25, 0.3) is 0 Å². The topological polar surface area (TPSA) is 55.1 Å². The van der Waals surface area contributed by atoms with Gasteiger partial charge in [-0.15, -0.1) is 12.4 Å². The Kier molecular flexibility index (Phi) is 7.28. The van der Waals surface area contributed by atoms with E-state index in [0.29, 0.717) is 23.1 Å². The second-order valence-electron chi connectivity index (χ2n) is 5.32. The van der Waals surface area contributed by atoms with Crippen molar-refractivity contribution in [3.8, 4) is 0 Å². The maximum Gasteiger partial charge on any atom is 0.230 e. The zero-order valence-corrected chi connectivity index (χ0v) is 14.2. The molecule has 0 radical (unpaired) electrons. The molecular weight excluding hydrogens is 331 g/mol. The van der Waals surface area contributed by atoms with Gasteiger partial charge >= 0.3 is 0 Å². The summed E-state index contributed by atoms with van der Waals surface area (Å²) in [7, 11) is 0. The van der Waals surface area contributed by atoms with Crippen LogP contribution in [0.5, 0.6) is 0 Å². The Morgan fingerprint density at radius 2 is 1.95 bits per heavy atom. The lowest BCUT2D eigenvalue weighted by Gasteiger charge is -2.41. The summed E-state index contributed by atoms with van der Waals surface area (Å²) in [4.78, 5) is 12.5. The molecule has 21 heavy (non-hydrogen) atoms. The Labute approximate surface area is 142 Å². The van der Waals surface area contributed by atoms with E-state index in [4.69, 9.17) is 28.9 Å². The molecule has 0 aliphatic heterocycles. The summed E-state index contributed by atoms with van der Waals surface area (Å²) in [5.74, 6) is 0.0964. The fourth-order valence-corrected chi connectivity index (χ4v) is 2.91. The number of hydrogen-bond acceptors (Lipinski definition) is 2. The van der Waals surface area contributed by atoms with Crippen molar-refractivity contribution in [3.63, 3.8) is 0 Å². The fourth-order valence-electron chi connectivity index (χ4n) is 2.61. The van der Waals surface area contributed by atoms with E-state index in [0.717, 1.165) is 37.7 Å². The minimum Gasteiger partial charge on any atom is -0.355 e. The second kappa shape index (κ2) is 8.23. The standard InChI is InChI=1S/C15H20Cl2N2O.ClH/c16-12-5-4-11(10-13(12)17)15(6-3-7-15)14(20)19-9-2-1-8-18;/h4-5,10H,1-3,6-9,18H2,(H,19,20);1H. The van der Waals surface area contributed by atoms with Crippen LogP contribution in [0.4, 0.5) is 0 Å². The highest BCUT2D eigenvalue weighted by Gasteiger charge is 2.45. The minimum atomic E-state index is -0.420. The Hall–Kier alpha value is -0.480. The van der Waals surface area contributed by atoms with Gasteiger partial charge in [0.1, 0.15) is 0 Å². The van der Waals surface area contributed by atoms with Crippen LogP contribution in [-0.4, -0.2) is 19.0 Å². The van der Waals surface area contributed by atoms with Crippen molar-refractivity contribution in [1.82, 2.24) is 5.32 Å². The van der Waals surface area contributed by atoms with Crippen LogP contribution in [0.3, 0.4) is 0 Å². The number of carbonyl (C=O) groups excluding carboxylic acids is 1. The third kappa shape index (κ3) is 4.04. The Balaban J connectivity index is 0.00000220. The number of unbranched alkanes of at least 4 members (excludes halogenated alkanes) is 1. The summed E-state index contributed by atoms with van der Waals surface area (Å²) in [6.07, 6.45) is 4.65. The summed E-state index contributed by atoms with van der Waals surface area (Å²) < 4.78 is 0. The largest absolute Gasteiger partial charge is 0.355 e. The first-order chi connectivity index (χ1) is 9.60. The molecule has 1 saturated carbocycles. The number of carbonyl (C=O) groups is 1. The van der Waals surface area contributed by atoms with Gasteiger partial charge in [0.05, 0.1) is 15.5 Å². The van der Waals surface area contributed by atoms with Crippen LogP contribution in [0.1, 0.15) is 37.7 Å². The zero-order valence-electron chi connectivity index (χ0n) is 11.8. The van der Waals surface area contributed by atoms with Crippen LogP contribution in [0.15, 0.2) is 18.2 Å². The molecule has 1 aliphatic carbocycles. The van der Waals surface area contributed by atoms with Gasteiger partial charge in [-0.25, -0.2) is 0 Å². The van der Waals surface area contributed by atoms with Crippen molar-refractivity contribution in [2.24, 2.45) is 5.73 Å². The summed E-state index contributed by atoms with van der Waals surface area (Å²) in [5.41, 5.74) is 6.00. The lowest BCUT2D eigenvalue weighted by atomic mass is 9.64. The summed E-state index contributed by atoms with van der Waals surface area (Å²) in [6.45, 7) is 1.34. The number of halogens is 3. The van der Waals surface area contributed by atoms with Crippen molar-refractivity contribution < 1.29 is 4.79 Å². The normalized spacial score (nSPS) is 15.8. The molecule has 1 aromatic rings. The summed E-state index contributed by atoms with van der Waals surface area (Å²) >= 11 is 12.0. The van der Waals surface area contributed by atoms with Crippen molar-refractivity contribution in [3.05, 3.63) is 33.8 Å². The maximum absolute atomic E-state index is 12.5. The molecule has 0 spiro atoms. The van der Waals surface area contributed by atoms with E-state index >= 15 is 0 Å². The second-order valence-corrected chi connectivity index (χ2v) is 6.13. The number of hydrogen-bond donors (Lipinski definition) is 2. The molecule has 1 fully saturated rings. The SMILES string of the molecule is Cl.NCCCCNC(=O)C1(c2ccc(Cl)c(Cl)c2)CCC1. The number of nitrogens with two attached hydrogens (primary N) is 1. The Morgan fingerprint density at radius 3 is 2.48 bits per heavy atom. The van der Waals surface area contributed by atoms with Crippen LogP contribution in [-0.2, 0) is 10.2 Å². The molecule has 118 valence electrons. The smallest absolute Gasteiger partial charge is 0.230 e. The number of benzene rings is 1. The molecular formula is C15H21Cl3N2O. The van der Waals surface area contributed by atoms with Crippen molar-refractivity contribution in [2.45, 2.75) is 37.5 Å². The highest BCUT2D eigenvalue weighted by molar-refractivity contribution is 6.42. The molecule has 1 aliphatic rings. The lowest BCUT2D eigenvalue weighted by molar-refractivity contribution is -0.129. The van der Waals surface area contributed by atoms with Gasteiger partial charge < -0.3 is 11.1 Å². The Bertz CT molecular complexity index is 490. The van der Waals surface area contributed by atoms with E-state index in [-0.39, 0.29) is 18.3 Å². The highest BCUT2D eigenvalue weighted by Crippen LogP contribution is 2.45. The molecule has 3 N–H and O–H groups in total. The number of rotatable bonds is 6. The van der Waals surface area contributed by atoms with Crippen LogP contribution >= 0.6 is 35.6 Å². The average molecular weight is 352 g/mol. The minimum absolute atomic E-state index is 0. The number of nitrogens with one attached hydrogen (secondary N) is 1. The van der Waals surface area contributed by atoms with Crippen LogP contribution in [0.25, 0.3) is 0 Å². The van der Waals surface area contributed by atoms with Gasteiger partial charge in [0.15, 0.2) is 0 Å². The molecule has 0 heterocycles. The first kappa shape index (κ1) is 18.6. The van der Waals surface area contributed by atoms with Crippen molar-refractivity contribution in [1.29, 1.82) is 0 Å². The molecule has 0 bridgehead atoms. The lowest BCUT2D eigenvalue weighted by Crippen LogP contribution is -2.49. The molecule has 2 rings (SSSR count). The molecule has 1 amide bonds. The predicted octanol–water partition coefficient (Wildman–Crippen LogP) is 3.69. The van der Waals surface area contributed by atoms with Crippen LogP contribution in [0, 0.1) is 0 Å². The van der Waals surface area contributed by atoms with Gasteiger partial charge in [-0.2, -0.15) is 0 Å². The Morgan fingerprint density at radius 1 is 1.24 bits per heavy atom. The molecule has 0 unspecified atom stereocenters. The third-order valence-corrected chi connectivity index (χ3v) is 4.77. The van der Waals surface area contributed by atoms with Gasteiger partial charge in [-0.3, -0.25) is 4.79 Å². The van der Waals surface area contributed by atoms with Gasteiger partial charge in [0.2, 0.25) is 5.91 Å².